The van der Waals surface area contributed by atoms with E-state index in [1.54, 1.807) is 30.3 Å². The first-order chi connectivity index (χ1) is 5.52. The molecule has 0 fully saturated rings. The highest BCUT2D eigenvalue weighted by Crippen LogP contribution is 2.10. The quantitative estimate of drug-likeness (QED) is 0.546. The third kappa shape index (κ3) is 3.19. The zero-order valence-corrected chi connectivity index (χ0v) is 8.25. The summed E-state index contributed by atoms with van der Waals surface area (Å²) in [4.78, 5) is 0. The van der Waals surface area contributed by atoms with Crippen molar-refractivity contribution in [3.8, 4) is 0 Å². The number of nitrogens with zero attached hydrogens (tertiary/aromatic N) is 1. The van der Waals surface area contributed by atoms with Crippen LogP contribution in [0.25, 0.3) is 0 Å². The Balaban J connectivity index is 0.00000144. The highest BCUT2D eigenvalue weighted by atomic mass is 35.5. The van der Waals surface area contributed by atoms with E-state index in [9.17, 15) is 8.42 Å². The van der Waals surface area contributed by atoms with E-state index in [0.717, 1.165) is 0 Å². The van der Waals surface area contributed by atoms with Gasteiger partial charge in [0.05, 0.1) is 5.69 Å². The van der Waals surface area contributed by atoms with E-state index in [1.807, 2.05) is 0 Å². The molecule has 5 nitrogen and oxygen atoms in total. The Morgan fingerprint density at radius 2 is 1.62 bits per heavy atom. The van der Waals surface area contributed by atoms with Gasteiger partial charge in [0.15, 0.2) is 0 Å². The summed E-state index contributed by atoms with van der Waals surface area (Å²) in [5.41, 5.74) is 0.333. The van der Waals surface area contributed by atoms with E-state index in [-0.39, 0.29) is 12.4 Å². The predicted molar refractivity (Wildman–Crippen MR) is 53.5 cm³/mol. The average Bonchev–Trinajstić information content (AvgIpc) is 2.03. The van der Waals surface area contributed by atoms with Crippen LogP contribution in [0.5, 0.6) is 0 Å². The van der Waals surface area contributed by atoms with Crippen molar-refractivity contribution in [3.05, 3.63) is 30.3 Å². The second-order valence-electron chi connectivity index (χ2n) is 2.18. The molecule has 1 rings (SSSR count). The highest BCUT2D eigenvalue weighted by Gasteiger charge is 2.11. The van der Waals surface area contributed by atoms with Gasteiger partial charge >= 0.3 is 10.2 Å². The normalized spacial score (nSPS) is 10.3. The van der Waals surface area contributed by atoms with Crippen molar-refractivity contribution in [2.24, 2.45) is 11.0 Å². The van der Waals surface area contributed by atoms with Crippen molar-refractivity contribution in [1.29, 1.82) is 0 Å². The lowest BCUT2D eigenvalue weighted by molar-refractivity contribution is 0.593. The molecule has 0 unspecified atom stereocenters. The van der Waals surface area contributed by atoms with E-state index in [4.69, 9.17) is 11.0 Å². The molecular weight excluding hydrogens is 214 g/mol. The molecule has 13 heavy (non-hydrogen) atoms. The van der Waals surface area contributed by atoms with Gasteiger partial charge in [-0.25, -0.2) is 11.0 Å². The summed E-state index contributed by atoms with van der Waals surface area (Å²) in [6.07, 6.45) is 0. The maximum atomic E-state index is 10.7. The standard InChI is InChI=1S/C6H9N3O2S.ClH/c7-9(12(8,10)11)6-4-2-1-3-5-6;/h1-5H,7H2,(H2,8,10,11);1H. The number of para-hydroxylation sites is 1. The third-order valence-electron chi connectivity index (χ3n) is 1.28. The first-order valence-electron chi connectivity index (χ1n) is 3.14. The Morgan fingerprint density at radius 3 is 2.00 bits per heavy atom. The zero-order valence-electron chi connectivity index (χ0n) is 6.62. The highest BCUT2D eigenvalue weighted by molar-refractivity contribution is 7.90. The van der Waals surface area contributed by atoms with Crippen molar-refractivity contribution in [2.45, 2.75) is 0 Å². The second-order valence-corrected chi connectivity index (χ2v) is 3.60. The van der Waals surface area contributed by atoms with E-state index in [0.29, 0.717) is 10.1 Å². The van der Waals surface area contributed by atoms with E-state index >= 15 is 0 Å². The van der Waals surface area contributed by atoms with E-state index in [2.05, 4.69) is 0 Å². The summed E-state index contributed by atoms with van der Waals surface area (Å²) < 4.78 is 21.9. The smallest absolute Gasteiger partial charge is 0.232 e. The molecular formula is C6H10ClN3O2S. The van der Waals surface area contributed by atoms with Gasteiger partial charge in [-0.05, 0) is 12.1 Å². The maximum Gasteiger partial charge on any atom is 0.312 e. The Kier molecular flexibility index (Phi) is 4.15. The van der Waals surface area contributed by atoms with Crippen molar-refractivity contribution in [2.75, 3.05) is 4.41 Å². The Morgan fingerprint density at radius 1 is 1.15 bits per heavy atom. The van der Waals surface area contributed by atoms with Crippen LogP contribution in [-0.2, 0) is 10.2 Å². The first-order valence-corrected chi connectivity index (χ1v) is 4.65. The summed E-state index contributed by atoms with van der Waals surface area (Å²) >= 11 is 0. The molecule has 0 radical (unpaired) electrons. The molecule has 0 saturated carbocycles. The molecule has 1 aromatic rings. The van der Waals surface area contributed by atoms with Gasteiger partial charge in [0, 0.05) is 0 Å². The molecule has 0 amide bonds. The fraction of sp³-hybridized carbons (Fsp3) is 0. The molecule has 4 N–H and O–H groups in total. The summed E-state index contributed by atoms with van der Waals surface area (Å²) in [6, 6.07) is 8.18. The van der Waals surface area contributed by atoms with Gasteiger partial charge in [-0.3, -0.25) is 0 Å². The molecule has 0 aromatic heterocycles. The van der Waals surface area contributed by atoms with Crippen LogP contribution >= 0.6 is 12.4 Å². The number of nitrogens with two attached hydrogens (primary N) is 2. The molecule has 0 bridgehead atoms. The molecule has 74 valence electrons. The maximum absolute atomic E-state index is 10.7. The monoisotopic (exact) mass is 223 g/mol. The molecule has 0 saturated heterocycles. The van der Waals surface area contributed by atoms with Gasteiger partial charge in [0.25, 0.3) is 0 Å². The van der Waals surface area contributed by atoms with Crippen molar-refractivity contribution < 1.29 is 8.42 Å². The first kappa shape index (κ1) is 12.2. The lowest BCUT2D eigenvalue weighted by atomic mass is 10.3. The van der Waals surface area contributed by atoms with Crippen LogP contribution in [0.2, 0.25) is 0 Å². The van der Waals surface area contributed by atoms with Crippen LogP contribution < -0.4 is 15.4 Å². The van der Waals surface area contributed by atoms with Gasteiger partial charge in [-0.2, -0.15) is 12.8 Å². The minimum Gasteiger partial charge on any atom is -0.232 e. The molecule has 0 heterocycles. The molecule has 0 aliphatic heterocycles. The molecule has 7 heteroatoms. The summed E-state index contributed by atoms with van der Waals surface area (Å²) in [5, 5.41) is 4.78. The number of hydrazine groups is 1. The van der Waals surface area contributed by atoms with Crippen LogP contribution in [0.1, 0.15) is 0 Å². The number of hydrogen-bond donors (Lipinski definition) is 2. The fourth-order valence-electron chi connectivity index (χ4n) is 0.722. The van der Waals surface area contributed by atoms with Gasteiger partial charge < -0.3 is 0 Å². The minimum absolute atomic E-state index is 0. The second kappa shape index (κ2) is 4.43. The Bertz CT molecular complexity index is 353. The summed E-state index contributed by atoms with van der Waals surface area (Å²) in [5.74, 6) is 5.19. The molecule has 0 aliphatic carbocycles. The van der Waals surface area contributed by atoms with Crippen LogP contribution in [0, 0.1) is 0 Å². The van der Waals surface area contributed by atoms with Crippen molar-refractivity contribution in [3.63, 3.8) is 0 Å². The molecule has 0 aliphatic rings. The zero-order chi connectivity index (χ0) is 9.19. The summed E-state index contributed by atoms with van der Waals surface area (Å²) in [6.45, 7) is 0. The van der Waals surface area contributed by atoms with E-state index in [1.165, 1.54) is 0 Å². The number of halogens is 1. The van der Waals surface area contributed by atoms with Crippen LogP contribution in [0.4, 0.5) is 5.69 Å². The minimum atomic E-state index is -3.84. The van der Waals surface area contributed by atoms with Gasteiger partial charge in [0.2, 0.25) is 0 Å². The summed E-state index contributed by atoms with van der Waals surface area (Å²) in [7, 11) is -3.84. The van der Waals surface area contributed by atoms with Crippen LogP contribution in [-0.4, -0.2) is 8.42 Å². The van der Waals surface area contributed by atoms with Crippen molar-refractivity contribution >= 4 is 28.3 Å². The number of hydrogen-bond acceptors (Lipinski definition) is 3. The SMILES string of the molecule is Cl.NN(c1ccccc1)S(N)(=O)=O. The molecule has 0 spiro atoms. The van der Waals surface area contributed by atoms with Gasteiger partial charge in [-0.15, -0.1) is 12.4 Å². The van der Waals surface area contributed by atoms with Crippen LogP contribution in [0.15, 0.2) is 30.3 Å². The molecule has 1 aromatic carbocycles. The third-order valence-corrected chi connectivity index (χ3v) is 2.04. The Hall–Kier alpha value is -0.820. The van der Waals surface area contributed by atoms with E-state index < -0.39 is 10.2 Å². The number of anilines is 1. The largest absolute Gasteiger partial charge is 0.312 e. The van der Waals surface area contributed by atoms with Gasteiger partial charge in [0.1, 0.15) is 0 Å². The van der Waals surface area contributed by atoms with Gasteiger partial charge in [-0.1, -0.05) is 18.2 Å². The average molecular weight is 224 g/mol. The lowest BCUT2D eigenvalue weighted by Gasteiger charge is -2.14. The van der Waals surface area contributed by atoms with Crippen molar-refractivity contribution in [1.82, 2.24) is 0 Å². The Labute approximate surface area is 82.9 Å². The number of benzene rings is 1. The predicted octanol–water partition coefficient (Wildman–Crippen LogP) is -0.00800. The lowest BCUT2D eigenvalue weighted by Crippen LogP contribution is -2.42. The fourth-order valence-corrected chi connectivity index (χ4v) is 1.14. The number of rotatable bonds is 2. The molecule has 0 atom stereocenters. The topological polar surface area (TPSA) is 89.4 Å². The van der Waals surface area contributed by atoms with Crippen LogP contribution in [0.3, 0.4) is 0 Å².